The van der Waals surface area contributed by atoms with Crippen LogP contribution >= 0.6 is 12.2 Å². The predicted octanol–water partition coefficient (Wildman–Crippen LogP) is 1.59. The fourth-order valence-corrected chi connectivity index (χ4v) is 2.88. The van der Waals surface area contributed by atoms with Crippen LogP contribution in [0.1, 0.15) is 29.1 Å². The van der Waals surface area contributed by atoms with E-state index in [1.807, 2.05) is 24.0 Å². The van der Waals surface area contributed by atoms with Crippen LogP contribution in [0.4, 0.5) is 5.82 Å². The summed E-state index contributed by atoms with van der Waals surface area (Å²) in [7, 11) is 2.00. The van der Waals surface area contributed by atoms with Crippen molar-refractivity contribution in [2.45, 2.75) is 25.7 Å². The van der Waals surface area contributed by atoms with E-state index in [0.717, 1.165) is 49.4 Å². The van der Waals surface area contributed by atoms with E-state index >= 15 is 0 Å². The summed E-state index contributed by atoms with van der Waals surface area (Å²) in [5, 5.41) is 3.36. The number of nitrogens with zero attached hydrogens (tertiary/aromatic N) is 3. The average Bonchev–Trinajstić information content (AvgIpc) is 3.06. The third-order valence-electron chi connectivity index (χ3n) is 3.88. The first kappa shape index (κ1) is 14.0. The Hall–Kier alpha value is -1.95. The molecule has 0 atom stereocenters. The lowest BCUT2D eigenvalue weighted by molar-refractivity contribution is 0.788. The number of hydrogen-bond donors (Lipinski definition) is 2. The Morgan fingerprint density at radius 2 is 2.33 bits per heavy atom. The first-order chi connectivity index (χ1) is 10.1. The van der Waals surface area contributed by atoms with Gasteiger partial charge < -0.3 is 15.6 Å². The predicted molar refractivity (Wildman–Crippen MR) is 87.6 cm³/mol. The molecule has 21 heavy (non-hydrogen) atoms. The highest BCUT2D eigenvalue weighted by Crippen LogP contribution is 2.25. The summed E-state index contributed by atoms with van der Waals surface area (Å²) in [6.45, 7) is 0.756. The van der Waals surface area contributed by atoms with E-state index in [1.165, 1.54) is 11.3 Å². The lowest BCUT2D eigenvalue weighted by atomic mass is 10.1. The molecule has 2 aromatic heterocycles. The second kappa shape index (κ2) is 5.81. The van der Waals surface area contributed by atoms with Crippen molar-refractivity contribution in [3.63, 3.8) is 0 Å². The van der Waals surface area contributed by atoms with Crippen molar-refractivity contribution in [1.29, 1.82) is 0 Å². The molecule has 0 bridgehead atoms. The van der Waals surface area contributed by atoms with E-state index < -0.39 is 0 Å². The van der Waals surface area contributed by atoms with Gasteiger partial charge in [0, 0.05) is 38.1 Å². The van der Waals surface area contributed by atoms with Crippen molar-refractivity contribution in [1.82, 2.24) is 14.5 Å². The minimum Gasteiger partial charge on any atom is -0.389 e. The van der Waals surface area contributed by atoms with E-state index in [9.17, 15) is 0 Å². The zero-order chi connectivity index (χ0) is 14.8. The van der Waals surface area contributed by atoms with Crippen LogP contribution in [0, 0.1) is 0 Å². The zero-order valence-electron chi connectivity index (χ0n) is 12.1. The van der Waals surface area contributed by atoms with Crippen LogP contribution in [-0.4, -0.2) is 26.1 Å². The molecule has 3 N–H and O–H groups in total. The molecule has 2 aromatic rings. The lowest BCUT2D eigenvalue weighted by Gasteiger charge is -2.12. The van der Waals surface area contributed by atoms with Gasteiger partial charge in [-0.2, -0.15) is 0 Å². The van der Waals surface area contributed by atoms with Gasteiger partial charge in [-0.15, -0.1) is 0 Å². The van der Waals surface area contributed by atoms with Crippen molar-refractivity contribution in [2.75, 3.05) is 11.9 Å². The highest BCUT2D eigenvalue weighted by Gasteiger charge is 2.17. The molecule has 0 aromatic carbocycles. The van der Waals surface area contributed by atoms with E-state index in [1.54, 1.807) is 0 Å². The van der Waals surface area contributed by atoms with Crippen LogP contribution in [0.2, 0.25) is 0 Å². The molecule has 0 radical (unpaired) electrons. The van der Waals surface area contributed by atoms with Crippen molar-refractivity contribution < 1.29 is 0 Å². The quantitative estimate of drug-likeness (QED) is 0.821. The maximum absolute atomic E-state index is 5.83. The number of fused-ring (bicyclic) bond motifs is 1. The maximum atomic E-state index is 5.83. The van der Waals surface area contributed by atoms with E-state index in [0.29, 0.717) is 4.99 Å². The zero-order valence-corrected chi connectivity index (χ0v) is 12.9. The number of aromatic nitrogens is 3. The molecule has 5 nitrogen and oxygen atoms in total. The Kier molecular flexibility index (Phi) is 3.88. The second-order valence-corrected chi connectivity index (χ2v) is 5.78. The normalized spacial score (nSPS) is 13.2. The molecule has 3 rings (SSSR count). The van der Waals surface area contributed by atoms with Gasteiger partial charge in [0.05, 0.1) is 5.56 Å². The molecule has 0 unspecified atom stereocenters. The first-order valence-electron chi connectivity index (χ1n) is 7.18. The Bertz CT molecular complexity index is 677. The smallest absolute Gasteiger partial charge is 0.136 e. The molecule has 110 valence electrons. The van der Waals surface area contributed by atoms with Crippen molar-refractivity contribution in [3.8, 4) is 0 Å². The van der Waals surface area contributed by atoms with Gasteiger partial charge in [0.15, 0.2) is 0 Å². The molecule has 0 saturated carbocycles. The number of rotatable bonds is 5. The van der Waals surface area contributed by atoms with Crippen LogP contribution in [0.3, 0.4) is 0 Å². The average molecular weight is 301 g/mol. The fraction of sp³-hybridized carbons (Fsp3) is 0.400. The van der Waals surface area contributed by atoms with Gasteiger partial charge in [-0.1, -0.05) is 12.2 Å². The van der Waals surface area contributed by atoms with Crippen LogP contribution in [0.5, 0.6) is 0 Å². The summed E-state index contributed by atoms with van der Waals surface area (Å²) < 4.78 is 2.02. The number of nitrogens with one attached hydrogen (secondary N) is 1. The molecule has 0 saturated heterocycles. The molecule has 0 fully saturated rings. The molecular formula is C15H19N5S. The third-order valence-corrected chi connectivity index (χ3v) is 4.10. The van der Waals surface area contributed by atoms with Crippen LogP contribution in [0.15, 0.2) is 18.5 Å². The third kappa shape index (κ3) is 2.90. The van der Waals surface area contributed by atoms with Crippen molar-refractivity contribution >= 4 is 23.0 Å². The molecule has 0 aliphatic heterocycles. The maximum Gasteiger partial charge on any atom is 0.136 e. The Labute approximate surface area is 129 Å². The summed E-state index contributed by atoms with van der Waals surface area (Å²) in [6.07, 6.45) is 7.87. The topological polar surface area (TPSA) is 68.8 Å². The highest BCUT2D eigenvalue weighted by atomic mass is 32.1. The second-order valence-electron chi connectivity index (χ2n) is 5.34. The Morgan fingerprint density at radius 3 is 3.05 bits per heavy atom. The van der Waals surface area contributed by atoms with Gasteiger partial charge in [-0.05, 0) is 30.9 Å². The molecule has 1 aliphatic carbocycles. The summed E-state index contributed by atoms with van der Waals surface area (Å²) >= 11 is 5.15. The molecule has 0 amide bonds. The fourth-order valence-electron chi connectivity index (χ4n) is 2.72. The van der Waals surface area contributed by atoms with Gasteiger partial charge >= 0.3 is 0 Å². The highest BCUT2D eigenvalue weighted by molar-refractivity contribution is 7.80. The van der Waals surface area contributed by atoms with Gasteiger partial charge in [0.25, 0.3) is 0 Å². The molecule has 1 aliphatic rings. The molecule has 6 heteroatoms. The minimum absolute atomic E-state index is 0.400. The van der Waals surface area contributed by atoms with Gasteiger partial charge in [-0.25, -0.2) is 9.97 Å². The van der Waals surface area contributed by atoms with E-state index in [4.69, 9.17) is 22.9 Å². The first-order valence-corrected chi connectivity index (χ1v) is 7.58. The molecule has 0 spiro atoms. The van der Waals surface area contributed by atoms with Crippen molar-refractivity contribution in [2.24, 2.45) is 12.8 Å². The minimum atomic E-state index is 0.400. The van der Waals surface area contributed by atoms with E-state index in [2.05, 4.69) is 16.4 Å². The number of nitrogens with two attached hydrogens (primary N) is 1. The summed E-state index contributed by atoms with van der Waals surface area (Å²) in [6, 6.07) is 2.10. The lowest BCUT2D eigenvalue weighted by Crippen LogP contribution is -2.17. The van der Waals surface area contributed by atoms with Crippen LogP contribution in [0.25, 0.3) is 0 Å². The number of thiocarbonyl (C=S) groups is 1. The molecular weight excluding hydrogens is 282 g/mol. The Balaban J connectivity index is 1.75. The van der Waals surface area contributed by atoms with Crippen LogP contribution in [-0.2, 0) is 26.3 Å². The van der Waals surface area contributed by atoms with Gasteiger partial charge in [0.2, 0.25) is 0 Å². The number of imidazole rings is 1. The van der Waals surface area contributed by atoms with Crippen LogP contribution < -0.4 is 11.1 Å². The van der Waals surface area contributed by atoms with Gasteiger partial charge in [-0.3, -0.25) is 0 Å². The number of pyridine rings is 1. The largest absolute Gasteiger partial charge is 0.389 e. The summed E-state index contributed by atoms with van der Waals surface area (Å²) in [5.41, 5.74) is 9.15. The van der Waals surface area contributed by atoms with E-state index in [-0.39, 0.29) is 0 Å². The SMILES string of the molecule is Cn1ccnc1CCNc1nc2c(cc1C(N)=S)CCC2. The summed E-state index contributed by atoms with van der Waals surface area (Å²) in [4.78, 5) is 9.42. The summed E-state index contributed by atoms with van der Waals surface area (Å²) in [5.74, 6) is 1.85. The number of aryl methyl sites for hydroxylation is 3. The standard InChI is InChI=1S/C15H19N5S/c1-20-8-7-17-13(20)5-6-18-15-11(14(16)21)9-10-3-2-4-12(10)19-15/h7-9H,2-6H2,1H3,(H2,16,21)(H,18,19). The number of hydrogen-bond acceptors (Lipinski definition) is 4. The van der Waals surface area contributed by atoms with Gasteiger partial charge in [0.1, 0.15) is 16.6 Å². The number of anilines is 1. The Morgan fingerprint density at radius 1 is 1.48 bits per heavy atom. The monoisotopic (exact) mass is 301 g/mol. The molecule has 2 heterocycles. The van der Waals surface area contributed by atoms with Crippen molar-refractivity contribution in [3.05, 3.63) is 41.1 Å².